The second-order valence-electron chi connectivity index (χ2n) is 9.48. The molecule has 2 atom stereocenters. The number of rotatable bonds is 4. The highest BCUT2D eigenvalue weighted by atomic mass is 16.2. The molecule has 0 saturated carbocycles. The molecule has 2 aromatic heterocycles. The van der Waals surface area contributed by atoms with Gasteiger partial charge in [-0.3, -0.25) is 9.59 Å². The summed E-state index contributed by atoms with van der Waals surface area (Å²) in [6.07, 6.45) is 10.7. The van der Waals surface area contributed by atoms with Crippen LogP contribution in [-0.2, 0) is 16.6 Å². The van der Waals surface area contributed by atoms with E-state index in [9.17, 15) is 9.59 Å². The van der Waals surface area contributed by atoms with Crippen molar-refractivity contribution >= 4 is 34.2 Å². The zero-order valence-electron chi connectivity index (χ0n) is 19.3. The molecule has 8 heteroatoms. The van der Waals surface area contributed by atoms with Crippen molar-refractivity contribution in [3.05, 3.63) is 36.3 Å². The predicted octanol–water partition coefficient (Wildman–Crippen LogP) is 2.86. The number of hydrogen-bond acceptors (Lipinski definition) is 5. The lowest BCUT2D eigenvalue weighted by molar-refractivity contribution is -0.134. The van der Waals surface area contributed by atoms with E-state index in [4.69, 9.17) is 5.73 Å². The van der Waals surface area contributed by atoms with Crippen LogP contribution >= 0.6 is 0 Å². The topological polar surface area (TPSA) is 97.3 Å². The molecule has 2 aliphatic heterocycles. The van der Waals surface area contributed by atoms with Gasteiger partial charge in [-0.05, 0) is 50.2 Å². The number of allylic oxidation sites excluding steroid dienone is 2. The number of anilines is 1. The first-order chi connectivity index (χ1) is 16.0. The summed E-state index contributed by atoms with van der Waals surface area (Å²) in [7, 11) is 2.02. The van der Waals surface area contributed by atoms with Crippen LogP contribution in [0.4, 0.5) is 5.82 Å². The minimum Gasteiger partial charge on any atom is -0.383 e. The van der Waals surface area contributed by atoms with Crippen molar-refractivity contribution in [3.8, 4) is 0 Å². The number of nitrogen functional groups attached to an aromatic ring is 1. The average Bonchev–Trinajstić information content (AvgIpc) is 3.59. The lowest BCUT2D eigenvalue weighted by Crippen LogP contribution is -2.34. The number of nitrogens with two attached hydrogens (primary N) is 1. The first kappa shape index (κ1) is 21.7. The molecule has 1 aliphatic carbocycles. The minimum atomic E-state index is -0.0303. The lowest BCUT2D eigenvalue weighted by Gasteiger charge is -2.27. The monoisotopic (exact) mass is 448 g/mol. The highest BCUT2D eigenvalue weighted by molar-refractivity contribution is 6.00. The second-order valence-corrected chi connectivity index (χ2v) is 9.48. The summed E-state index contributed by atoms with van der Waals surface area (Å²) >= 11 is 0. The third-order valence-corrected chi connectivity index (χ3v) is 7.60. The first-order valence-corrected chi connectivity index (χ1v) is 12.0. The number of amides is 2. The Bertz CT molecular complexity index is 1140. The van der Waals surface area contributed by atoms with E-state index in [-0.39, 0.29) is 17.7 Å². The molecule has 3 aliphatic rings. The maximum atomic E-state index is 12.9. The van der Waals surface area contributed by atoms with Crippen molar-refractivity contribution in [1.82, 2.24) is 24.3 Å². The summed E-state index contributed by atoms with van der Waals surface area (Å²) < 4.78 is 2.12. The summed E-state index contributed by atoms with van der Waals surface area (Å²) in [6.45, 7) is 6.79. The molecule has 5 rings (SSSR count). The summed E-state index contributed by atoms with van der Waals surface area (Å²) in [5, 5.41) is 0.888. The van der Waals surface area contributed by atoms with Gasteiger partial charge in [0.2, 0.25) is 11.8 Å². The van der Waals surface area contributed by atoms with Gasteiger partial charge in [-0.1, -0.05) is 12.7 Å². The fourth-order valence-electron chi connectivity index (χ4n) is 5.89. The second kappa shape index (κ2) is 8.65. The van der Waals surface area contributed by atoms with E-state index in [1.54, 1.807) is 0 Å². The molecule has 0 bridgehead atoms. The van der Waals surface area contributed by atoms with Gasteiger partial charge in [0.1, 0.15) is 17.8 Å². The molecule has 0 spiro atoms. The third kappa shape index (κ3) is 3.71. The number of likely N-dealkylation sites (tertiary alicyclic amines) is 2. The first-order valence-electron chi connectivity index (χ1n) is 12.0. The summed E-state index contributed by atoms with van der Waals surface area (Å²) in [6, 6.07) is 0. The van der Waals surface area contributed by atoms with E-state index in [1.165, 1.54) is 18.0 Å². The van der Waals surface area contributed by atoms with Crippen LogP contribution in [0.3, 0.4) is 0 Å². The van der Waals surface area contributed by atoms with Gasteiger partial charge in [0.05, 0.1) is 5.39 Å². The molecular formula is C25H32N6O2. The van der Waals surface area contributed by atoms with Crippen molar-refractivity contribution in [1.29, 1.82) is 0 Å². The number of carbonyl (C=O) groups is 2. The van der Waals surface area contributed by atoms with Crippen LogP contribution < -0.4 is 5.73 Å². The molecule has 33 heavy (non-hydrogen) atoms. The van der Waals surface area contributed by atoms with E-state index in [2.05, 4.69) is 27.2 Å². The van der Waals surface area contributed by atoms with Crippen LogP contribution in [-0.4, -0.2) is 62.3 Å². The Morgan fingerprint density at radius 3 is 2.64 bits per heavy atom. The van der Waals surface area contributed by atoms with Gasteiger partial charge in [-0.2, -0.15) is 0 Å². The standard InChI is InChI=1S/C25H32N6O2/c1-3-19(32)31-13-10-18(14-31)22-20(21-23(26)27-15-28-24(21)29(22)2)16-6-8-17(9-7-16)25(33)30-11-4-5-12-30/h3,6,15,17-18H,1,4-5,7-14H2,2H3,(H2,26,27,28)/t17-,18+/m0/s1. The van der Waals surface area contributed by atoms with Gasteiger partial charge in [0.25, 0.3) is 0 Å². The van der Waals surface area contributed by atoms with Crippen LogP contribution in [0, 0.1) is 5.92 Å². The Kier molecular flexibility index (Phi) is 5.68. The van der Waals surface area contributed by atoms with Crippen LogP contribution in [0.5, 0.6) is 0 Å². The Morgan fingerprint density at radius 2 is 1.94 bits per heavy atom. The SMILES string of the molecule is C=CC(=O)N1CC[C@@H](c2c(C3=CC[C@H](C(=O)N4CCCC4)CC3)c3c(N)ncnc3n2C)C1. The van der Waals surface area contributed by atoms with Gasteiger partial charge in [-0.15, -0.1) is 0 Å². The maximum Gasteiger partial charge on any atom is 0.245 e. The Balaban J connectivity index is 1.51. The van der Waals surface area contributed by atoms with E-state index in [0.717, 1.165) is 73.9 Å². The fourth-order valence-corrected chi connectivity index (χ4v) is 5.89. The predicted molar refractivity (Wildman–Crippen MR) is 128 cm³/mol. The molecule has 8 nitrogen and oxygen atoms in total. The number of carbonyl (C=O) groups excluding carboxylic acids is 2. The molecule has 2 aromatic rings. The molecule has 4 heterocycles. The molecule has 0 aromatic carbocycles. The van der Waals surface area contributed by atoms with Gasteiger partial charge in [-0.25, -0.2) is 9.97 Å². The fraction of sp³-hybridized carbons (Fsp3) is 0.520. The van der Waals surface area contributed by atoms with E-state index < -0.39 is 0 Å². The zero-order chi connectivity index (χ0) is 23.1. The van der Waals surface area contributed by atoms with Gasteiger partial charge >= 0.3 is 0 Å². The largest absolute Gasteiger partial charge is 0.383 e. The van der Waals surface area contributed by atoms with Crippen LogP contribution in [0.1, 0.15) is 55.7 Å². The maximum absolute atomic E-state index is 12.9. The third-order valence-electron chi connectivity index (χ3n) is 7.60. The van der Waals surface area contributed by atoms with Gasteiger partial charge in [0.15, 0.2) is 0 Å². The summed E-state index contributed by atoms with van der Waals surface area (Å²) in [5.41, 5.74) is 10.7. The van der Waals surface area contributed by atoms with Gasteiger partial charge < -0.3 is 20.1 Å². The molecule has 2 N–H and O–H groups in total. The quantitative estimate of drug-likeness (QED) is 0.726. The number of hydrogen-bond donors (Lipinski definition) is 1. The van der Waals surface area contributed by atoms with Crippen molar-refractivity contribution in [2.24, 2.45) is 13.0 Å². The van der Waals surface area contributed by atoms with E-state index in [1.807, 2.05) is 16.8 Å². The number of aryl methyl sites for hydroxylation is 1. The van der Waals surface area contributed by atoms with Crippen LogP contribution in [0.2, 0.25) is 0 Å². The number of fused-ring (bicyclic) bond motifs is 1. The van der Waals surface area contributed by atoms with E-state index in [0.29, 0.717) is 24.8 Å². The van der Waals surface area contributed by atoms with Crippen LogP contribution in [0.25, 0.3) is 16.6 Å². The molecule has 2 amide bonds. The highest BCUT2D eigenvalue weighted by Gasteiger charge is 2.35. The molecule has 2 saturated heterocycles. The smallest absolute Gasteiger partial charge is 0.245 e. The average molecular weight is 449 g/mol. The Labute approximate surface area is 194 Å². The Hall–Kier alpha value is -3.16. The molecule has 0 radical (unpaired) electrons. The van der Waals surface area contributed by atoms with Crippen molar-refractivity contribution in [2.75, 3.05) is 31.9 Å². The normalized spacial score (nSPS) is 23.2. The molecule has 174 valence electrons. The minimum absolute atomic E-state index is 0.0303. The lowest BCUT2D eigenvalue weighted by atomic mass is 9.83. The molecular weight excluding hydrogens is 416 g/mol. The van der Waals surface area contributed by atoms with Crippen molar-refractivity contribution in [3.63, 3.8) is 0 Å². The number of nitrogens with zero attached hydrogens (tertiary/aromatic N) is 5. The van der Waals surface area contributed by atoms with Crippen molar-refractivity contribution in [2.45, 2.75) is 44.4 Å². The zero-order valence-corrected chi connectivity index (χ0v) is 19.3. The Morgan fingerprint density at radius 1 is 1.15 bits per heavy atom. The number of aromatic nitrogens is 3. The summed E-state index contributed by atoms with van der Waals surface area (Å²) in [4.78, 5) is 37.8. The van der Waals surface area contributed by atoms with Gasteiger partial charge in [0, 0.05) is 56.3 Å². The molecule has 0 unspecified atom stereocenters. The van der Waals surface area contributed by atoms with Crippen molar-refractivity contribution < 1.29 is 9.59 Å². The molecule has 2 fully saturated rings. The van der Waals surface area contributed by atoms with E-state index >= 15 is 0 Å². The van der Waals surface area contributed by atoms with Crippen LogP contribution in [0.15, 0.2) is 25.1 Å². The summed E-state index contributed by atoms with van der Waals surface area (Å²) in [5.74, 6) is 0.999. The highest BCUT2D eigenvalue weighted by Crippen LogP contribution is 2.43.